The summed E-state index contributed by atoms with van der Waals surface area (Å²) in [7, 11) is 0. The largest absolute Gasteiger partial charge is 0.288 e. The second-order valence-corrected chi connectivity index (χ2v) is 4.69. The summed E-state index contributed by atoms with van der Waals surface area (Å²) in [6, 6.07) is 13.4. The zero-order chi connectivity index (χ0) is 14.1. The molecule has 3 rings (SSSR count). The minimum Gasteiger partial charge on any atom is -0.288 e. The Bertz CT molecular complexity index is 806. The molecule has 2 nitrogen and oxygen atoms in total. The smallest absolute Gasteiger partial charge is 0.196 e. The number of carbonyl (C=O) groups excluding carboxylic acids is 1. The number of nitrogens with zero attached hydrogens (tertiary/aromatic N) is 1. The van der Waals surface area contributed by atoms with Crippen molar-refractivity contribution in [3.63, 3.8) is 0 Å². The molecule has 20 heavy (non-hydrogen) atoms. The molecule has 0 radical (unpaired) electrons. The Hall–Kier alpha value is -2.55. The molecule has 0 bridgehead atoms. The summed E-state index contributed by atoms with van der Waals surface area (Å²) in [5.41, 5.74) is 2.15. The molecule has 3 heteroatoms. The summed E-state index contributed by atoms with van der Waals surface area (Å²) in [4.78, 5) is 16.8. The van der Waals surface area contributed by atoms with Gasteiger partial charge in [0.15, 0.2) is 5.78 Å². The Morgan fingerprint density at radius 3 is 2.75 bits per heavy atom. The SMILES string of the molecule is Cc1ccc(F)c(C(=O)c2cccc3ncccc23)c1. The number of aryl methyl sites for hydroxylation is 1. The van der Waals surface area contributed by atoms with Crippen LogP contribution in [0.5, 0.6) is 0 Å². The number of hydrogen-bond acceptors (Lipinski definition) is 2. The first-order valence-corrected chi connectivity index (χ1v) is 6.31. The number of aromatic nitrogens is 1. The Morgan fingerprint density at radius 1 is 1.05 bits per heavy atom. The predicted molar refractivity (Wildman–Crippen MR) is 76.3 cm³/mol. The normalized spacial score (nSPS) is 10.7. The van der Waals surface area contributed by atoms with E-state index in [2.05, 4.69) is 4.98 Å². The standard InChI is InChI=1S/C17H12FNO/c1-11-7-8-15(18)14(10-11)17(20)13-4-2-6-16-12(13)5-3-9-19-16/h2-10H,1H3. The molecule has 0 saturated carbocycles. The summed E-state index contributed by atoms with van der Waals surface area (Å²) < 4.78 is 13.9. The Balaban J connectivity index is 2.20. The number of fused-ring (bicyclic) bond motifs is 1. The van der Waals surface area contributed by atoms with E-state index in [1.165, 1.54) is 6.07 Å². The predicted octanol–water partition coefficient (Wildman–Crippen LogP) is 3.91. The highest BCUT2D eigenvalue weighted by atomic mass is 19.1. The second-order valence-electron chi connectivity index (χ2n) is 4.69. The van der Waals surface area contributed by atoms with Gasteiger partial charge in [-0.3, -0.25) is 9.78 Å². The van der Waals surface area contributed by atoms with Crippen molar-refractivity contribution in [2.24, 2.45) is 0 Å². The molecule has 0 aliphatic rings. The third-order valence-corrected chi connectivity index (χ3v) is 3.26. The van der Waals surface area contributed by atoms with Crippen LogP contribution in [0.15, 0.2) is 54.7 Å². The van der Waals surface area contributed by atoms with Crippen LogP contribution in [0, 0.1) is 12.7 Å². The van der Waals surface area contributed by atoms with E-state index < -0.39 is 5.82 Å². The first kappa shape index (κ1) is 12.5. The van der Waals surface area contributed by atoms with Gasteiger partial charge in [0.2, 0.25) is 0 Å². The van der Waals surface area contributed by atoms with Crippen LogP contribution in [0.2, 0.25) is 0 Å². The summed E-state index contributed by atoms with van der Waals surface area (Å²) in [6.07, 6.45) is 1.67. The van der Waals surface area contributed by atoms with E-state index in [0.29, 0.717) is 5.56 Å². The van der Waals surface area contributed by atoms with Gasteiger partial charge in [0.1, 0.15) is 5.82 Å². The maximum absolute atomic E-state index is 13.9. The van der Waals surface area contributed by atoms with Gasteiger partial charge >= 0.3 is 0 Å². The molecule has 2 aromatic carbocycles. The van der Waals surface area contributed by atoms with Crippen molar-refractivity contribution in [1.29, 1.82) is 0 Å². The third kappa shape index (κ3) is 2.07. The Morgan fingerprint density at radius 2 is 1.90 bits per heavy atom. The lowest BCUT2D eigenvalue weighted by molar-refractivity contribution is 0.103. The molecule has 0 saturated heterocycles. The van der Waals surface area contributed by atoms with Crippen LogP contribution >= 0.6 is 0 Å². The zero-order valence-corrected chi connectivity index (χ0v) is 10.9. The minimum atomic E-state index is -0.499. The summed E-state index contributed by atoms with van der Waals surface area (Å²) in [6.45, 7) is 1.83. The van der Waals surface area contributed by atoms with Crippen LogP contribution in [-0.4, -0.2) is 10.8 Å². The van der Waals surface area contributed by atoms with Gasteiger partial charge in [0.25, 0.3) is 0 Å². The lowest BCUT2D eigenvalue weighted by atomic mass is 9.98. The topological polar surface area (TPSA) is 30.0 Å². The van der Waals surface area contributed by atoms with E-state index in [-0.39, 0.29) is 11.3 Å². The van der Waals surface area contributed by atoms with Gasteiger partial charge in [-0.2, -0.15) is 0 Å². The fraction of sp³-hybridized carbons (Fsp3) is 0.0588. The molecule has 98 valence electrons. The molecule has 1 heterocycles. The average molecular weight is 265 g/mol. The molecule has 0 N–H and O–H groups in total. The molecule has 0 amide bonds. The first-order chi connectivity index (χ1) is 9.66. The van der Waals surface area contributed by atoms with E-state index in [1.807, 2.05) is 19.1 Å². The number of halogens is 1. The molecule has 0 aliphatic heterocycles. The van der Waals surface area contributed by atoms with Gasteiger partial charge in [-0.15, -0.1) is 0 Å². The summed E-state index contributed by atoms with van der Waals surface area (Å²) in [5, 5.41) is 0.737. The van der Waals surface area contributed by atoms with Crippen molar-refractivity contribution in [1.82, 2.24) is 4.98 Å². The quantitative estimate of drug-likeness (QED) is 0.657. The Labute approximate surface area is 115 Å². The highest BCUT2D eigenvalue weighted by Gasteiger charge is 2.16. The number of pyridine rings is 1. The molecular formula is C17H12FNO. The second kappa shape index (κ2) is 4.85. The lowest BCUT2D eigenvalue weighted by Gasteiger charge is -2.07. The molecule has 1 aromatic heterocycles. The molecule has 0 unspecified atom stereocenters. The highest BCUT2D eigenvalue weighted by molar-refractivity contribution is 6.16. The van der Waals surface area contributed by atoms with Gasteiger partial charge in [-0.1, -0.05) is 29.8 Å². The van der Waals surface area contributed by atoms with Crippen molar-refractivity contribution < 1.29 is 9.18 Å². The number of rotatable bonds is 2. The fourth-order valence-electron chi connectivity index (χ4n) is 2.26. The summed E-state index contributed by atoms with van der Waals surface area (Å²) in [5.74, 6) is -0.814. The van der Waals surface area contributed by atoms with Gasteiger partial charge in [-0.25, -0.2) is 4.39 Å². The number of ketones is 1. The van der Waals surface area contributed by atoms with Crippen molar-refractivity contribution in [2.45, 2.75) is 6.92 Å². The highest BCUT2D eigenvalue weighted by Crippen LogP contribution is 2.21. The van der Waals surface area contributed by atoms with E-state index in [9.17, 15) is 9.18 Å². The molecule has 3 aromatic rings. The van der Waals surface area contributed by atoms with Crippen LogP contribution in [-0.2, 0) is 0 Å². The molecule has 0 fully saturated rings. The van der Waals surface area contributed by atoms with Crippen LogP contribution < -0.4 is 0 Å². The monoisotopic (exact) mass is 265 g/mol. The number of carbonyl (C=O) groups is 1. The van der Waals surface area contributed by atoms with E-state index in [0.717, 1.165) is 16.5 Å². The van der Waals surface area contributed by atoms with Gasteiger partial charge in [-0.05, 0) is 31.2 Å². The molecular weight excluding hydrogens is 253 g/mol. The number of benzene rings is 2. The van der Waals surface area contributed by atoms with Crippen LogP contribution in [0.3, 0.4) is 0 Å². The van der Waals surface area contributed by atoms with Gasteiger partial charge in [0.05, 0.1) is 11.1 Å². The van der Waals surface area contributed by atoms with E-state index >= 15 is 0 Å². The van der Waals surface area contributed by atoms with E-state index in [1.54, 1.807) is 36.5 Å². The first-order valence-electron chi connectivity index (χ1n) is 6.31. The van der Waals surface area contributed by atoms with Crippen LogP contribution in [0.25, 0.3) is 10.9 Å². The maximum atomic E-state index is 13.9. The molecule has 0 spiro atoms. The van der Waals surface area contributed by atoms with E-state index in [4.69, 9.17) is 0 Å². The fourth-order valence-corrected chi connectivity index (χ4v) is 2.26. The molecule has 0 aliphatic carbocycles. The summed E-state index contributed by atoms with van der Waals surface area (Å²) >= 11 is 0. The number of hydrogen-bond donors (Lipinski definition) is 0. The van der Waals surface area contributed by atoms with Crippen molar-refractivity contribution in [3.8, 4) is 0 Å². The minimum absolute atomic E-state index is 0.0985. The maximum Gasteiger partial charge on any atom is 0.196 e. The van der Waals surface area contributed by atoms with Crippen molar-refractivity contribution in [3.05, 3.63) is 77.2 Å². The third-order valence-electron chi connectivity index (χ3n) is 3.26. The van der Waals surface area contributed by atoms with Crippen LogP contribution in [0.1, 0.15) is 21.5 Å². The van der Waals surface area contributed by atoms with Crippen molar-refractivity contribution >= 4 is 16.7 Å². The van der Waals surface area contributed by atoms with Crippen molar-refractivity contribution in [2.75, 3.05) is 0 Å². The van der Waals surface area contributed by atoms with Gasteiger partial charge < -0.3 is 0 Å². The van der Waals surface area contributed by atoms with Gasteiger partial charge in [0, 0.05) is 17.1 Å². The van der Waals surface area contributed by atoms with Crippen LogP contribution in [0.4, 0.5) is 4.39 Å². The average Bonchev–Trinajstić information content (AvgIpc) is 2.48. The molecule has 0 atom stereocenters. The lowest BCUT2D eigenvalue weighted by Crippen LogP contribution is -2.05. The Kier molecular flexibility index (Phi) is 3.03. The zero-order valence-electron chi connectivity index (χ0n) is 10.9.